The quantitative estimate of drug-likeness (QED) is 0.263. The van der Waals surface area contributed by atoms with Crippen molar-refractivity contribution in [2.75, 3.05) is 20.5 Å². The van der Waals surface area contributed by atoms with Crippen molar-refractivity contribution in [3.8, 4) is 23.0 Å². The van der Waals surface area contributed by atoms with Crippen LogP contribution in [0, 0.1) is 0 Å². The number of benzene rings is 3. The van der Waals surface area contributed by atoms with E-state index in [9.17, 15) is 9.59 Å². The number of carbonyl (C=O) groups excluding carboxylic acids is 1. The lowest BCUT2D eigenvalue weighted by molar-refractivity contribution is -0.139. The van der Waals surface area contributed by atoms with Gasteiger partial charge in [0.1, 0.15) is 6.61 Å². The van der Waals surface area contributed by atoms with Crippen LogP contribution >= 0.6 is 22.9 Å². The van der Waals surface area contributed by atoms with Gasteiger partial charge < -0.3 is 23.7 Å². The van der Waals surface area contributed by atoms with E-state index in [0.29, 0.717) is 60.8 Å². The fourth-order valence-electron chi connectivity index (χ4n) is 4.98. The molecule has 4 aromatic rings. The number of fused-ring (bicyclic) bond motifs is 2. The minimum atomic E-state index is -0.759. The molecule has 1 atom stereocenters. The molecule has 0 aliphatic carbocycles. The molecule has 0 spiro atoms. The molecule has 6 rings (SSSR count). The summed E-state index contributed by atoms with van der Waals surface area (Å²) in [5.74, 6) is 1.70. The molecule has 220 valence electrons. The summed E-state index contributed by atoms with van der Waals surface area (Å²) in [5, 5.41) is 0.658. The second-order valence-electron chi connectivity index (χ2n) is 9.74. The highest BCUT2D eigenvalue weighted by atomic mass is 35.5. The van der Waals surface area contributed by atoms with Crippen molar-refractivity contribution in [1.29, 1.82) is 0 Å². The molecule has 0 radical (unpaired) electrons. The summed E-state index contributed by atoms with van der Waals surface area (Å²) >= 11 is 7.22. The number of rotatable bonds is 8. The zero-order chi connectivity index (χ0) is 30.1. The van der Waals surface area contributed by atoms with Crippen LogP contribution in [0.5, 0.6) is 23.0 Å². The summed E-state index contributed by atoms with van der Waals surface area (Å²) in [7, 11) is 1.56. The first-order valence-corrected chi connectivity index (χ1v) is 14.7. The smallest absolute Gasteiger partial charge is 0.338 e. The average Bonchev–Trinajstić information content (AvgIpc) is 3.60. The summed E-state index contributed by atoms with van der Waals surface area (Å²) < 4.78 is 30.0. The maximum atomic E-state index is 14.0. The van der Waals surface area contributed by atoms with E-state index in [-0.39, 0.29) is 19.0 Å². The van der Waals surface area contributed by atoms with Gasteiger partial charge >= 0.3 is 5.97 Å². The summed E-state index contributed by atoms with van der Waals surface area (Å²) in [6.45, 7) is 4.12. The fourth-order valence-corrected chi connectivity index (χ4v) is 6.15. The lowest BCUT2D eigenvalue weighted by Gasteiger charge is -2.24. The number of esters is 1. The molecule has 0 N–H and O–H groups in total. The molecule has 2 aliphatic heterocycles. The maximum absolute atomic E-state index is 14.0. The zero-order valence-electron chi connectivity index (χ0n) is 23.6. The number of ether oxygens (including phenoxy) is 5. The van der Waals surface area contributed by atoms with Gasteiger partial charge in [0.15, 0.2) is 27.8 Å². The van der Waals surface area contributed by atoms with Crippen LogP contribution in [0.15, 0.2) is 81.7 Å². The van der Waals surface area contributed by atoms with E-state index in [4.69, 9.17) is 35.3 Å². The SMILES string of the molecule is CCOC(=O)C1=C(C)N=c2sc(=Cc3ccc(OCc4ccc(Cl)cc4)c(OC)c3)c(=O)n2C1c1ccc2c(c1)OCO2. The highest BCUT2D eigenvalue weighted by Crippen LogP contribution is 2.38. The van der Waals surface area contributed by atoms with Crippen molar-refractivity contribution in [2.24, 2.45) is 4.99 Å². The average molecular weight is 619 g/mol. The van der Waals surface area contributed by atoms with Crippen molar-refractivity contribution in [3.05, 3.63) is 113 Å². The summed E-state index contributed by atoms with van der Waals surface area (Å²) in [5.41, 5.74) is 2.87. The second kappa shape index (κ2) is 12.0. The van der Waals surface area contributed by atoms with E-state index in [0.717, 1.165) is 11.1 Å². The van der Waals surface area contributed by atoms with Gasteiger partial charge in [-0.05, 0) is 73.0 Å². The molecule has 3 heterocycles. The first kappa shape index (κ1) is 28.6. The maximum Gasteiger partial charge on any atom is 0.338 e. The van der Waals surface area contributed by atoms with Crippen LogP contribution in [0.3, 0.4) is 0 Å². The van der Waals surface area contributed by atoms with Crippen molar-refractivity contribution in [1.82, 2.24) is 4.57 Å². The first-order valence-electron chi connectivity index (χ1n) is 13.5. The topological polar surface area (TPSA) is 97.6 Å². The number of allylic oxidation sites excluding steroid dienone is 1. The van der Waals surface area contributed by atoms with Gasteiger partial charge in [-0.25, -0.2) is 9.79 Å². The van der Waals surface area contributed by atoms with Crippen molar-refractivity contribution in [2.45, 2.75) is 26.5 Å². The monoisotopic (exact) mass is 618 g/mol. The number of halogens is 1. The molecule has 43 heavy (non-hydrogen) atoms. The van der Waals surface area contributed by atoms with Crippen molar-refractivity contribution < 1.29 is 28.5 Å². The van der Waals surface area contributed by atoms with Gasteiger partial charge in [0, 0.05) is 5.02 Å². The summed E-state index contributed by atoms with van der Waals surface area (Å²) in [6, 6.07) is 17.5. The molecule has 2 aliphatic rings. The van der Waals surface area contributed by atoms with Crippen molar-refractivity contribution >= 4 is 35.0 Å². The molecule has 0 saturated carbocycles. The number of thiazole rings is 1. The Labute approximate surface area is 255 Å². The minimum Gasteiger partial charge on any atom is -0.493 e. The van der Waals surface area contributed by atoms with E-state index in [2.05, 4.69) is 4.99 Å². The van der Waals surface area contributed by atoms with E-state index in [1.54, 1.807) is 51.3 Å². The molecular weight excluding hydrogens is 592 g/mol. The van der Waals surface area contributed by atoms with Gasteiger partial charge in [-0.1, -0.05) is 47.2 Å². The van der Waals surface area contributed by atoms with E-state index in [1.165, 1.54) is 15.9 Å². The summed E-state index contributed by atoms with van der Waals surface area (Å²) in [6.07, 6.45) is 1.77. The molecule has 9 nitrogen and oxygen atoms in total. The zero-order valence-corrected chi connectivity index (χ0v) is 25.2. The summed E-state index contributed by atoms with van der Waals surface area (Å²) in [4.78, 5) is 32.2. The van der Waals surface area contributed by atoms with E-state index >= 15 is 0 Å². The lowest BCUT2D eigenvalue weighted by atomic mass is 9.95. The fraction of sp³-hybridized carbons (Fsp3) is 0.219. The van der Waals surface area contributed by atoms with Gasteiger partial charge in [0.25, 0.3) is 5.56 Å². The van der Waals surface area contributed by atoms with Crippen molar-refractivity contribution in [3.63, 3.8) is 0 Å². The third-order valence-corrected chi connectivity index (χ3v) is 8.26. The van der Waals surface area contributed by atoms with Crippen LogP contribution in [0.1, 0.15) is 36.6 Å². The molecule has 3 aromatic carbocycles. The Morgan fingerprint density at radius 2 is 1.88 bits per heavy atom. The Balaban J connectivity index is 1.39. The number of hydrogen-bond acceptors (Lipinski definition) is 9. The van der Waals surface area contributed by atoms with E-state index < -0.39 is 12.0 Å². The Bertz CT molecular complexity index is 1930. The number of hydrogen-bond donors (Lipinski definition) is 0. The third kappa shape index (κ3) is 5.63. The van der Waals surface area contributed by atoms with Crippen LogP contribution in [-0.2, 0) is 16.1 Å². The molecular formula is C32H27ClN2O7S. The van der Waals surface area contributed by atoms with Crippen LogP contribution in [0.4, 0.5) is 0 Å². The second-order valence-corrected chi connectivity index (χ2v) is 11.2. The van der Waals surface area contributed by atoms with Crippen LogP contribution in [-0.4, -0.2) is 31.0 Å². The Morgan fingerprint density at radius 1 is 1.09 bits per heavy atom. The largest absolute Gasteiger partial charge is 0.493 e. The minimum absolute atomic E-state index is 0.107. The highest BCUT2D eigenvalue weighted by molar-refractivity contribution is 7.07. The van der Waals surface area contributed by atoms with Crippen LogP contribution in [0.25, 0.3) is 6.08 Å². The number of methoxy groups -OCH3 is 1. The molecule has 1 unspecified atom stereocenters. The van der Waals surface area contributed by atoms with Gasteiger partial charge in [0.2, 0.25) is 6.79 Å². The molecule has 11 heteroatoms. The predicted octanol–water partition coefficient (Wildman–Crippen LogP) is 4.77. The lowest BCUT2D eigenvalue weighted by Crippen LogP contribution is -2.39. The highest BCUT2D eigenvalue weighted by Gasteiger charge is 2.34. The molecule has 0 amide bonds. The predicted molar refractivity (Wildman–Crippen MR) is 162 cm³/mol. The van der Waals surface area contributed by atoms with Crippen LogP contribution < -0.4 is 33.8 Å². The third-order valence-electron chi connectivity index (χ3n) is 7.02. The standard InChI is InChI=1S/C32H27ClN2O7S/c1-4-39-31(37)28-18(2)34-32-35(29(28)21-8-12-24-26(15-21)42-17-41-24)30(36)27(43-32)14-20-7-11-23(25(13-20)38-3)40-16-19-5-9-22(33)10-6-19/h5-15,29H,4,16-17H2,1-3H3. The van der Waals surface area contributed by atoms with Gasteiger partial charge in [0.05, 0.1) is 35.6 Å². The van der Waals surface area contributed by atoms with Gasteiger partial charge in [-0.15, -0.1) is 0 Å². The van der Waals surface area contributed by atoms with Gasteiger partial charge in [-0.2, -0.15) is 0 Å². The molecule has 0 bridgehead atoms. The Hall–Kier alpha value is -4.54. The number of nitrogens with zero attached hydrogens (tertiary/aromatic N) is 2. The first-order chi connectivity index (χ1) is 20.9. The van der Waals surface area contributed by atoms with Crippen LogP contribution in [0.2, 0.25) is 5.02 Å². The van der Waals surface area contributed by atoms with E-state index in [1.807, 2.05) is 36.4 Å². The number of aromatic nitrogens is 1. The Kier molecular flexibility index (Phi) is 7.96. The van der Waals surface area contributed by atoms with Gasteiger partial charge in [-0.3, -0.25) is 9.36 Å². The molecule has 0 fully saturated rings. The Morgan fingerprint density at radius 3 is 2.65 bits per heavy atom. The normalized spacial score (nSPS) is 15.6. The molecule has 1 aromatic heterocycles. The molecule has 0 saturated heterocycles. The number of carbonyl (C=O) groups is 1.